The number of nitrogens with one attached hydrogen (secondary N) is 2. The molecule has 0 bridgehead atoms. The first-order valence-corrected chi connectivity index (χ1v) is 8.56. The Labute approximate surface area is 155 Å². The fourth-order valence-electron chi connectivity index (χ4n) is 3.75. The molecule has 10 nitrogen and oxygen atoms in total. The van der Waals surface area contributed by atoms with Gasteiger partial charge in [-0.25, -0.2) is 4.99 Å². The molecule has 146 valence electrons. The number of allylic oxidation sites excluding steroid dienone is 1. The van der Waals surface area contributed by atoms with Crippen molar-refractivity contribution in [1.29, 1.82) is 0 Å². The molecule has 5 N–H and O–H groups in total. The van der Waals surface area contributed by atoms with Crippen molar-refractivity contribution in [3.63, 3.8) is 0 Å². The first kappa shape index (κ1) is 18.1. The van der Waals surface area contributed by atoms with Crippen LogP contribution in [0.15, 0.2) is 17.3 Å². The van der Waals surface area contributed by atoms with Crippen molar-refractivity contribution in [1.82, 2.24) is 9.88 Å². The first-order valence-electron chi connectivity index (χ1n) is 8.56. The molecule has 0 spiro atoms. The number of nitrogens with zero attached hydrogens (tertiary/aromatic N) is 2. The number of aliphatic imine (C=N–C) groups is 1. The molecule has 0 aliphatic carbocycles. The van der Waals surface area contributed by atoms with Crippen LogP contribution in [0.25, 0.3) is 5.57 Å². The van der Waals surface area contributed by atoms with E-state index in [1.54, 1.807) is 17.7 Å². The Hall–Kier alpha value is -2.24. The summed E-state index contributed by atoms with van der Waals surface area (Å²) in [5.74, 6) is 0.573. The molecular formula is C17H22N4O6. The standard InChI is InChI=1S/C17H22N4O6/c1-7-4-10(23)18-13-11-8(7)5-21(14(11)20-16(19-13)26-3)15-17(2,25)12(24)9(6-22)27-15/h4-5,9,12,15-16,20,22,24-25H,6H2,1-3H3,(H,18,19,23)/t9-,12-,15?,16?,17?/m1/s1. The number of methoxy groups -OCH3 is 1. The van der Waals surface area contributed by atoms with Gasteiger partial charge in [-0.05, 0) is 19.4 Å². The second-order valence-corrected chi connectivity index (χ2v) is 7.08. The molecule has 3 aliphatic rings. The second-order valence-electron chi connectivity index (χ2n) is 7.08. The minimum atomic E-state index is -1.65. The fourth-order valence-corrected chi connectivity index (χ4v) is 3.75. The highest BCUT2D eigenvalue weighted by atomic mass is 16.6. The third-order valence-electron chi connectivity index (χ3n) is 5.20. The number of hydrogen-bond acceptors (Lipinski definition) is 8. The summed E-state index contributed by atoms with van der Waals surface area (Å²) in [6, 6.07) is 0. The molecule has 3 aliphatic heterocycles. The van der Waals surface area contributed by atoms with Crippen molar-refractivity contribution in [2.45, 2.75) is 44.2 Å². The molecule has 0 radical (unpaired) electrons. The van der Waals surface area contributed by atoms with Crippen LogP contribution in [0.1, 0.15) is 31.2 Å². The Bertz CT molecular complexity index is 858. The minimum Gasteiger partial charge on any atom is -0.394 e. The van der Waals surface area contributed by atoms with E-state index in [0.29, 0.717) is 22.8 Å². The molecule has 27 heavy (non-hydrogen) atoms. The van der Waals surface area contributed by atoms with Gasteiger partial charge in [-0.3, -0.25) is 4.79 Å². The Kier molecular flexibility index (Phi) is 4.13. The van der Waals surface area contributed by atoms with Crippen LogP contribution in [0.2, 0.25) is 0 Å². The number of anilines is 1. The number of ether oxygens (including phenoxy) is 2. The molecule has 1 saturated heterocycles. The van der Waals surface area contributed by atoms with Crippen LogP contribution in [-0.4, -0.2) is 69.5 Å². The van der Waals surface area contributed by atoms with E-state index in [-0.39, 0.29) is 5.91 Å². The first-order chi connectivity index (χ1) is 12.8. The molecule has 4 rings (SSSR count). The quantitative estimate of drug-likeness (QED) is 0.461. The smallest absolute Gasteiger partial charge is 0.249 e. The lowest BCUT2D eigenvalue weighted by Crippen LogP contribution is -2.44. The highest BCUT2D eigenvalue weighted by molar-refractivity contribution is 6.19. The maximum atomic E-state index is 12.1. The Balaban J connectivity index is 1.89. The van der Waals surface area contributed by atoms with Gasteiger partial charge in [-0.2, -0.15) is 0 Å². The van der Waals surface area contributed by atoms with Crippen molar-refractivity contribution in [2.24, 2.45) is 4.99 Å². The van der Waals surface area contributed by atoms with Crippen LogP contribution in [0.4, 0.5) is 5.82 Å². The van der Waals surface area contributed by atoms with E-state index in [1.165, 1.54) is 20.1 Å². The number of carbonyl (C=O) groups is 1. The fraction of sp³-hybridized carbons (Fsp3) is 0.529. The highest BCUT2D eigenvalue weighted by Gasteiger charge is 2.53. The number of amides is 1. The molecule has 10 heteroatoms. The highest BCUT2D eigenvalue weighted by Crippen LogP contribution is 2.43. The van der Waals surface area contributed by atoms with Crippen molar-refractivity contribution < 1.29 is 29.6 Å². The van der Waals surface area contributed by atoms with Crippen molar-refractivity contribution in [2.75, 3.05) is 19.0 Å². The van der Waals surface area contributed by atoms with Gasteiger partial charge < -0.3 is 40.0 Å². The molecule has 5 atom stereocenters. The summed E-state index contributed by atoms with van der Waals surface area (Å²) in [7, 11) is 1.47. The van der Waals surface area contributed by atoms with Gasteiger partial charge in [0.1, 0.15) is 29.5 Å². The lowest BCUT2D eigenvalue weighted by molar-refractivity contribution is -0.115. The summed E-state index contributed by atoms with van der Waals surface area (Å²) >= 11 is 0. The maximum absolute atomic E-state index is 12.1. The zero-order chi connectivity index (χ0) is 19.5. The lowest BCUT2D eigenvalue weighted by Gasteiger charge is -2.31. The van der Waals surface area contributed by atoms with Gasteiger partial charge in [0.2, 0.25) is 12.3 Å². The molecule has 1 fully saturated rings. The predicted octanol–water partition coefficient (Wildman–Crippen LogP) is -0.875. The largest absolute Gasteiger partial charge is 0.394 e. The second kappa shape index (κ2) is 6.14. The summed E-state index contributed by atoms with van der Waals surface area (Å²) < 4.78 is 12.7. The van der Waals surface area contributed by atoms with E-state index in [9.17, 15) is 20.1 Å². The molecule has 3 unspecified atom stereocenters. The van der Waals surface area contributed by atoms with Gasteiger partial charge >= 0.3 is 0 Å². The summed E-state index contributed by atoms with van der Waals surface area (Å²) in [6.45, 7) is 2.82. The van der Waals surface area contributed by atoms with Gasteiger partial charge in [0.25, 0.3) is 0 Å². The van der Waals surface area contributed by atoms with Crippen molar-refractivity contribution in [3.05, 3.63) is 23.4 Å². The van der Waals surface area contributed by atoms with Gasteiger partial charge in [0.15, 0.2) is 6.23 Å². The number of hydrogen-bond donors (Lipinski definition) is 5. The molecule has 1 aromatic heterocycles. The maximum Gasteiger partial charge on any atom is 0.249 e. The zero-order valence-electron chi connectivity index (χ0n) is 15.1. The molecule has 1 amide bonds. The van der Waals surface area contributed by atoms with Crippen LogP contribution in [0.5, 0.6) is 0 Å². The number of amidine groups is 1. The van der Waals surface area contributed by atoms with E-state index in [4.69, 9.17) is 9.47 Å². The van der Waals surface area contributed by atoms with Crippen molar-refractivity contribution in [3.8, 4) is 0 Å². The summed E-state index contributed by atoms with van der Waals surface area (Å²) in [5.41, 5.74) is 0.429. The zero-order valence-corrected chi connectivity index (χ0v) is 15.1. The Morgan fingerprint density at radius 2 is 2.22 bits per heavy atom. The van der Waals surface area contributed by atoms with Crippen molar-refractivity contribution >= 4 is 23.1 Å². The van der Waals surface area contributed by atoms with Gasteiger partial charge in [-0.1, -0.05) is 0 Å². The van der Waals surface area contributed by atoms with Crippen LogP contribution in [0.3, 0.4) is 0 Å². The van der Waals surface area contributed by atoms with Gasteiger partial charge in [0, 0.05) is 24.9 Å². The summed E-state index contributed by atoms with van der Waals surface area (Å²) in [4.78, 5) is 16.4. The molecule has 0 saturated carbocycles. The number of aromatic nitrogens is 1. The van der Waals surface area contributed by atoms with Gasteiger partial charge in [-0.15, -0.1) is 0 Å². The van der Waals surface area contributed by atoms with E-state index in [0.717, 1.165) is 5.56 Å². The number of carbonyl (C=O) groups excluding carboxylic acids is 1. The SMILES string of the molecule is COC1N=C2NC(=O)C=C(C)c3cn(C4O[C@H](CO)[C@@H](O)C4(C)O)c(c32)N1. The third kappa shape index (κ3) is 2.60. The van der Waals surface area contributed by atoms with Gasteiger partial charge in [0.05, 0.1) is 12.2 Å². The topological polar surface area (TPSA) is 138 Å². The van der Waals surface area contributed by atoms with E-state index in [2.05, 4.69) is 15.6 Å². The van der Waals surface area contributed by atoms with Crippen LogP contribution < -0.4 is 10.6 Å². The normalized spacial score (nSPS) is 35.0. The monoisotopic (exact) mass is 378 g/mol. The Morgan fingerprint density at radius 1 is 1.48 bits per heavy atom. The number of rotatable bonds is 3. The van der Waals surface area contributed by atoms with Crippen LogP contribution >= 0.6 is 0 Å². The molecule has 1 aromatic rings. The third-order valence-corrected chi connectivity index (χ3v) is 5.20. The summed E-state index contributed by atoms with van der Waals surface area (Å²) in [6.07, 6.45) is -0.735. The number of aliphatic hydroxyl groups excluding tert-OH is 2. The molecule has 0 aromatic carbocycles. The number of aliphatic hydroxyl groups is 3. The average molecular weight is 378 g/mol. The van der Waals surface area contributed by atoms with E-state index in [1.807, 2.05) is 0 Å². The van der Waals surface area contributed by atoms with E-state index < -0.39 is 37.0 Å². The van der Waals surface area contributed by atoms with Crippen LogP contribution in [-0.2, 0) is 14.3 Å². The average Bonchev–Trinajstić information content (AvgIpc) is 3.06. The predicted molar refractivity (Wildman–Crippen MR) is 94.8 cm³/mol. The van der Waals surface area contributed by atoms with Crippen LogP contribution in [0, 0.1) is 0 Å². The molecule has 4 heterocycles. The minimum absolute atomic E-state index is 0.295. The summed E-state index contributed by atoms with van der Waals surface area (Å²) in [5, 5.41) is 36.5. The lowest BCUT2D eigenvalue weighted by atomic mass is 9.96. The Morgan fingerprint density at radius 3 is 2.85 bits per heavy atom. The molecular weight excluding hydrogens is 356 g/mol. The van der Waals surface area contributed by atoms with E-state index >= 15 is 0 Å².